The van der Waals surface area contributed by atoms with Crippen LogP contribution in [0.4, 0.5) is 13.2 Å². The van der Waals surface area contributed by atoms with Crippen LogP contribution in [-0.2, 0) is 23.8 Å². The van der Waals surface area contributed by atoms with Crippen molar-refractivity contribution in [2.45, 2.75) is 37.0 Å². The van der Waals surface area contributed by atoms with E-state index >= 15 is 0 Å². The van der Waals surface area contributed by atoms with Crippen LogP contribution in [0.15, 0.2) is 69.6 Å². The second kappa shape index (κ2) is 10.5. The minimum absolute atomic E-state index is 0.131. The Labute approximate surface area is 218 Å². The van der Waals surface area contributed by atoms with Gasteiger partial charge in [-0.2, -0.15) is 18.3 Å². The van der Waals surface area contributed by atoms with Crippen LogP contribution < -0.4 is 11.0 Å². The van der Waals surface area contributed by atoms with Gasteiger partial charge in [-0.25, -0.2) is 10.4 Å². The molecule has 1 N–H and O–H groups in total. The van der Waals surface area contributed by atoms with E-state index in [0.29, 0.717) is 21.1 Å². The quantitative estimate of drug-likeness (QED) is 0.149. The molecule has 1 aliphatic rings. The highest BCUT2D eigenvalue weighted by molar-refractivity contribution is 7.99. The molecule has 11 heteroatoms. The number of thiophene rings is 1. The molecule has 0 atom stereocenters. The molecule has 2 heterocycles. The number of amides is 1. The van der Waals surface area contributed by atoms with Crippen LogP contribution in [0, 0.1) is 0 Å². The molecule has 0 aliphatic heterocycles. The molecular formula is C26H21F3N4O2S2. The molecular weight excluding hydrogens is 521 g/mol. The van der Waals surface area contributed by atoms with Gasteiger partial charge < -0.3 is 0 Å². The molecule has 37 heavy (non-hydrogen) atoms. The average molecular weight is 543 g/mol. The molecule has 5 rings (SSSR count). The van der Waals surface area contributed by atoms with Gasteiger partial charge in [0.15, 0.2) is 5.16 Å². The highest BCUT2D eigenvalue weighted by atomic mass is 32.2. The lowest BCUT2D eigenvalue weighted by molar-refractivity contribution is -0.137. The van der Waals surface area contributed by atoms with Gasteiger partial charge in [-0.15, -0.1) is 11.3 Å². The van der Waals surface area contributed by atoms with E-state index in [-0.39, 0.29) is 16.9 Å². The van der Waals surface area contributed by atoms with Crippen molar-refractivity contribution >= 4 is 45.4 Å². The summed E-state index contributed by atoms with van der Waals surface area (Å²) in [6.45, 7) is 0. The Morgan fingerprint density at radius 3 is 2.62 bits per heavy atom. The summed E-state index contributed by atoms with van der Waals surface area (Å²) in [5.41, 5.74) is 2.82. The highest BCUT2D eigenvalue weighted by Gasteiger charge is 2.32. The Morgan fingerprint density at radius 1 is 1.11 bits per heavy atom. The second-order valence-electron chi connectivity index (χ2n) is 8.43. The minimum atomic E-state index is -4.53. The fourth-order valence-electron chi connectivity index (χ4n) is 4.29. The number of carbonyl (C=O) groups is 1. The van der Waals surface area contributed by atoms with Crippen LogP contribution in [0.2, 0.25) is 0 Å². The summed E-state index contributed by atoms with van der Waals surface area (Å²) in [5, 5.41) is 4.70. The third-order valence-corrected chi connectivity index (χ3v) is 8.09. The number of para-hydroxylation sites is 1. The van der Waals surface area contributed by atoms with E-state index in [0.717, 1.165) is 55.3 Å². The number of rotatable bonds is 6. The number of carbonyl (C=O) groups excluding carboxylic acids is 1. The number of nitrogens with zero attached hydrogens (tertiary/aromatic N) is 3. The number of aryl methyl sites for hydroxylation is 2. The maximum absolute atomic E-state index is 13.7. The number of halogens is 3. The van der Waals surface area contributed by atoms with E-state index in [1.807, 2.05) is 18.2 Å². The van der Waals surface area contributed by atoms with Crippen molar-refractivity contribution in [1.29, 1.82) is 0 Å². The lowest BCUT2D eigenvalue weighted by atomic mass is 9.97. The normalized spacial score (nSPS) is 13.7. The molecule has 2 aromatic carbocycles. The molecule has 0 spiro atoms. The third kappa shape index (κ3) is 5.33. The van der Waals surface area contributed by atoms with Gasteiger partial charge in [0, 0.05) is 10.4 Å². The molecule has 0 unspecified atom stereocenters. The molecule has 0 fully saturated rings. The van der Waals surface area contributed by atoms with Crippen molar-refractivity contribution in [2.24, 2.45) is 5.10 Å². The van der Waals surface area contributed by atoms with Crippen LogP contribution in [0.25, 0.3) is 15.9 Å². The van der Waals surface area contributed by atoms with Crippen molar-refractivity contribution in [2.75, 3.05) is 5.75 Å². The van der Waals surface area contributed by atoms with Gasteiger partial charge in [0.2, 0.25) is 0 Å². The van der Waals surface area contributed by atoms with E-state index in [9.17, 15) is 22.8 Å². The van der Waals surface area contributed by atoms with Crippen molar-refractivity contribution in [1.82, 2.24) is 15.0 Å². The smallest absolute Gasteiger partial charge is 0.272 e. The van der Waals surface area contributed by atoms with Crippen molar-refractivity contribution in [3.63, 3.8) is 0 Å². The van der Waals surface area contributed by atoms with Gasteiger partial charge in [0.25, 0.3) is 11.5 Å². The van der Waals surface area contributed by atoms with Gasteiger partial charge in [-0.1, -0.05) is 48.2 Å². The first-order chi connectivity index (χ1) is 17.8. The van der Waals surface area contributed by atoms with Gasteiger partial charge >= 0.3 is 6.18 Å². The van der Waals surface area contributed by atoms with E-state index in [4.69, 9.17) is 4.98 Å². The van der Waals surface area contributed by atoms with Crippen molar-refractivity contribution in [3.8, 4) is 5.69 Å². The summed E-state index contributed by atoms with van der Waals surface area (Å²) in [6.07, 6.45) is 0.338. The fourth-order valence-corrected chi connectivity index (χ4v) is 6.40. The first kappa shape index (κ1) is 25.2. The second-order valence-corrected chi connectivity index (χ2v) is 10.5. The molecule has 1 amide bonds. The summed E-state index contributed by atoms with van der Waals surface area (Å²) < 4.78 is 41.0. The SMILES string of the molecule is O=C(CSc1nc2sc3c(c2c(=O)n1-c1ccccc1)CCCC3)N/N=C\c1ccccc1C(F)(F)F. The lowest BCUT2D eigenvalue weighted by Crippen LogP contribution is -2.24. The lowest BCUT2D eigenvalue weighted by Gasteiger charge is -2.13. The van der Waals surface area contributed by atoms with E-state index in [1.54, 1.807) is 12.1 Å². The van der Waals surface area contributed by atoms with Gasteiger partial charge in [-0.05, 0) is 49.4 Å². The summed E-state index contributed by atoms with van der Waals surface area (Å²) in [4.78, 5) is 32.7. The topological polar surface area (TPSA) is 76.3 Å². The number of nitrogens with one attached hydrogen (secondary N) is 1. The zero-order valence-electron chi connectivity index (χ0n) is 19.4. The predicted octanol–water partition coefficient (Wildman–Crippen LogP) is 5.59. The minimum Gasteiger partial charge on any atom is -0.272 e. The Bertz CT molecular complexity index is 1550. The standard InChI is InChI=1S/C26H21F3N4O2S2/c27-26(28,29)19-12-6-4-8-16(19)14-30-32-21(34)15-36-25-31-23-22(18-11-5-7-13-20(18)37-23)24(35)33(25)17-9-2-1-3-10-17/h1-4,6,8-10,12,14H,5,7,11,13,15H2,(H,32,34)/b30-14-. The van der Waals surface area contributed by atoms with E-state index in [1.165, 1.54) is 39.0 Å². The molecule has 0 saturated heterocycles. The first-order valence-electron chi connectivity index (χ1n) is 11.6. The Balaban J connectivity index is 1.39. The van der Waals surface area contributed by atoms with Crippen LogP contribution in [-0.4, -0.2) is 27.4 Å². The number of alkyl halides is 3. The van der Waals surface area contributed by atoms with Crippen molar-refractivity contribution in [3.05, 3.63) is 86.5 Å². The maximum Gasteiger partial charge on any atom is 0.417 e. The zero-order chi connectivity index (χ0) is 26.0. The number of hydrazone groups is 1. The van der Waals surface area contributed by atoms with Gasteiger partial charge in [-0.3, -0.25) is 14.2 Å². The number of fused-ring (bicyclic) bond motifs is 3. The molecule has 4 aromatic rings. The Hall–Kier alpha value is -3.44. The summed E-state index contributed by atoms with van der Waals surface area (Å²) >= 11 is 2.60. The molecule has 0 saturated carbocycles. The Morgan fingerprint density at radius 2 is 1.84 bits per heavy atom. The highest BCUT2D eigenvalue weighted by Crippen LogP contribution is 2.35. The molecule has 0 radical (unpaired) electrons. The molecule has 1 aliphatic carbocycles. The number of benzene rings is 2. The molecule has 6 nitrogen and oxygen atoms in total. The fraction of sp³-hybridized carbons (Fsp3) is 0.231. The van der Waals surface area contributed by atoms with E-state index < -0.39 is 17.6 Å². The third-order valence-electron chi connectivity index (χ3n) is 5.96. The summed E-state index contributed by atoms with van der Waals surface area (Å²) in [5.74, 6) is -0.668. The van der Waals surface area contributed by atoms with E-state index in [2.05, 4.69) is 10.5 Å². The summed E-state index contributed by atoms with van der Waals surface area (Å²) in [6, 6.07) is 14.1. The van der Waals surface area contributed by atoms with Gasteiger partial charge in [0.05, 0.1) is 28.6 Å². The zero-order valence-corrected chi connectivity index (χ0v) is 21.1. The Kier molecular flexibility index (Phi) is 7.16. The number of aromatic nitrogens is 2. The first-order valence-corrected chi connectivity index (χ1v) is 13.4. The molecule has 0 bridgehead atoms. The maximum atomic E-state index is 13.7. The van der Waals surface area contributed by atoms with Crippen molar-refractivity contribution < 1.29 is 18.0 Å². The predicted molar refractivity (Wildman–Crippen MR) is 140 cm³/mol. The van der Waals surface area contributed by atoms with Gasteiger partial charge in [0.1, 0.15) is 4.83 Å². The number of thioether (sulfide) groups is 1. The molecule has 2 aromatic heterocycles. The monoisotopic (exact) mass is 542 g/mol. The van der Waals surface area contributed by atoms with Crippen LogP contribution >= 0.6 is 23.1 Å². The van der Waals surface area contributed by atoms with Crippen LogP contribution in [0.3, 0.4) is 0 Å². The summed E-state index contributed by atoms with van der Waals surface area (Å²) in [7, 11) is 0. The largest absolute Gasteiger partial charge is 0.417 e. The van der Waals surface area contributed by atoms with Crippen LogP contribution in [0.5, 0.6) is 0 Å². The number of hydrogen-bond acceptors (Lipinski definition) is 6. The molecule has 190 valence electrons. The van der Waals surface area contributed by atoms with Crippen LogP contribution in [0.1, 0.15) is 34.4 Å². The number of hydrogen-bond donors (Lipinski definition) is 1. The average Bonchev–Trinajstić information content (AvgIpc) is 3.26.